The lowest BCUT2D eigenvalue weighted by molar-refractivity contribution is -0.118. The summed E-state index contributed by atoms with van der Waals surface area (Å²) in [5.41, 5.74) is 2.16. The summed E-state index contributed by atoms with van der Waals surface area (Å²) in [6.07, 6.45) is 8.07. The van der Waals surface area contributed by atoms with Gasteiger partial charge >= 0.3 is 0 Å². The van der Waals surface area contributed by atoms with Crippen molar-refractivity contribution in [1.29, 1.82) is 0 Å². The van der Waals surface area contributed by atoms with Crippen LogP contribution >= 0.6 is 0 Å². The Hall–Kier alpha value is -2.36. The number of hydrogen-bond acceptors (Lipinski definition) is 7. The number of carbonyl (C=O) groups excluding carboxylic acids is 1. The minimum absolute atomic E-state index is 0.185. The number of amides is 1. The van der Waals surface area contributed by atoms with Gasteiger partial charge in [0.25, 0.3) is 0 Å². The molecular formula is C26H33N3O5S. The molecule has 1 aromatic heterocycles. The predicted octanol–water partition coefficient (Wildman–Crippen LogP) is 3.88. The Labute approximate surface area is 206 Å². The monoisotopic (exact) mass is 499 g/mol. The van der Waals surface area contributed by atoms with Crippen LogP contribution in [0.1, 0.15) is 86.6 Å². The Bertz CT molecular complexity index is 1170. The molecule has 9 heteroatoms. The Morgan fingerprint density at radius 3 is 2.46 bits per heavy atom. The maximum absolute atomic E-state index is 13.5. The molecule has 1 aliphatic heterocycles. The molecule has 0 spiro atoms. The van der Waals surface area contributed by atoms with E-state index in [1.54, 1.807) is 13.0 Å². The molecule has 188 valence electrons. The van der Waals surface area contributed by atoms with Crippen LogP contribution in [-0.4, -0.2) is 47.9 Å². The van der Waals surface area contributed by atoms with Crippen LogP contribution in [0.4, 0.5) is 5.82 Å². The lowest BCUT2D eigenvalue weighted by atomic mass is 9.83. The Morgan fingerprint density at radius 2 is 1.86 bits per heavy atom. The second kappa shape index (κ2) is 9.95. The number of ether oxygens (including phenoxy) is 1. The molecule has 8 nitrogen and oxygen atoms in total. The zero-order valence-corrected chi connectivity index (χ0v) is 20.8. The van der Waals surface area contributed by atoms with Crippen LogP contribution in [0.3, 0.4) is 0 Å². The SMILES string of the molecule is CC(O)c1cnc(NC(=O)[C@H](CC2CCOCC2)c2ccc(S(=O)(=O)C3CC3)c(C3CC3)c2)cn1. The highest BCUT2D eigenvalue weighted by atomic mass is 32.2. The molecule has 2 atom stereocenters. The molecule has 3 fully saturated rings. The largest absolute Gasteiger partial charge is 0.387 e. The summed E-state index contributed by atoms with van der Waals surface area (Å²) < 4.78 is 31.6. The molecule has 5 rings (SSSR count). The first-order chi connectivity index (χ1) is 16.8. The van der Waals surface area contributed by atoms with Gasteiger partial charge in [0.05, 0.1) is 40.3 Å². The van der Waals surface area contributed by atoms with E-state index < -0.39 is 21.9 Å². The molecule has 2 aliphatic carbocycles. The van der Waals surface area contributed by atoms with Crippen molar-refractivity contribution in [2.45, 2.75) is 80.0 Å². The number of rotatable bonds is 9. The standard InChI is InChI=1S/C26H33N3O5S/c1-16(30)23-14-28-25(15-27-23)29-26(31)22(12-17-8-10-34-11-9-17)19-4-7-24(21(13-19)18-2-3-18)35(32,33)20-5-6-20/h4,7,13-18,20,22,30H,2-3,5-6,8-12H2,1H3,(H,28,29,31)/t16?,22-/m1/s1. The van der Waals surface area contributed by atoms with E-state index in [4.69, 9.17) is 4.74 Å². The van der Waals surface area contributed by atoms with Gasteiger partial charge in [-0.1, -0.05) is 12.1 Å². The number of anilines is 1. The average molecular weight is 500 g/mol. The van der Waals surface area contributed by atoms with Crippen LogP contribution in [0, 0.1) is 5.92 Å². The fourth-order valence-corrected chi connectivity index (χ4v) is 6.78. The third kappa shape index (κ3) is 5.57. The van der Waals surface area contributed by atoms with E-state index in [1.165, 1.54) is 12.4 Å². The highest BCUT2D eigenvalue weighted by Gasteiger charge is 2.41. The summed E-state index contributed by atoms with van der Waals surface area (Å²) >= 11 is 0. The zero-order chi connectivity index (χ0) is 24.6. The van der Waals surface area contributed by atoms with Crippen LogP contribution in [0.15, 0.2) is 35.5 Å². The second-order valence-electron chi connectivity index (χ2n) is 10.2. The van der Waals surface area contributed by atoms with E-state index in [9.17, 15) is 18.3 Å². The van der Waals surface area contributed by atoms with Gasteiger partial charge in [-0.25, -0.2) is 13.4 Å². The van der Waals surface area contributed by atoms with Crippen molar-refractivity contribution < 1.29 is 23.1 Å². The molecule has 1 saturated heterocycles. The predicted molar refractivity (Wildman–Crippen MR) is 131 cm³/mol. The minimum Gasteiger partial charge on any atom is -0.387 e. The lowest BCUT2D eigenvalue weighted by Crippen LogP contribution is -2.26. The third-order valence-electron chi connectivity index (χ3n) is 7.30. The van der Waals surface area contributed by atoms with Gasteiger partial charge in [0.1, 0.15) is 0 Å². The fourth-order valence-electron chi connectivity index (χ4n) is 4.86. The van der Waals surface area contributed by atoms with Gasteiger partial charge in [-0.15, -0.1) is 0 Å². The van der Waals surface area contributed by atoms with E-state index in [-0.39, 0.29) is 17.1 Å². The van der Waals surface area contributed by atoms with E-state index >= 15 is 0 Å². The summed E-state index contributed by atoms with van der Waals surface area (Å²) in [6.45, 7) is 2.99. The molecule has 1 unspecified atom stereocenters. The molecule has 3 aliphatic rings. The maximum Gasteiger partial charge on any atom is 0.233 e. The van der Waals surface area contributed by atoms with Crippen LogP contribution in [0.25, 0.3) is 0 Å². The van der Waals surface area contributed by atoms with Crippen LogP contribution in [0.2, 0.25) is 0 Å². The number of nitrogens with zero attached hydrogens (tertiary/aromatic N) is 2. The van der Waals surface area contributed by atoms with Crippen molar-refractivity contribution in [2.75, 3.05) is 18.5 Å². The van der Waals surface area contributed by atoms with Gasteiger partial charge in [0.15, 0.2) is 15.7 Å². The number of nitrogens with one attached hydrogen (secondary N) is 1. The minimum atomic E-state index is -3.31. The molecule has 2 N–H and O–H groups in total. The summed E-state index contributed by atoms with van der Waals surface area (Å²) in [5, 5.41) is 12.3. The van der Waals surface area contributed by atoms with Gasteiger partial charge < -0.3 is 15.2 Å². The lowest BCUT2D eigenvalue weighted by Gasteiger charge is -2.27. The highest BCUT2D eigenvalue weighted by molar-refractivity contribution is 7.92. The maximum atomic E-state index is 13.5. The first-order valence-electron chi connectivity index (χ1n) is 12.6. The van der Waals surface area contributed by atoms with Crippen molar-refractivity contribution in [3.05, 3.63) is 47.4 Å². The van der Waals surface area contributed by atoms with Crippen molar-refractivity contribution in [3.63, 3.8) is 0 Å². The molecule has 2 heterocycles. The van der Waals surface area contributed by atoms with E-state index in [0.29, 0.717) is 42.0 Å². The van der Waals surface area contributed by atoms with Gasteiger partial charge in [0.2, 0.25) is 5.91 Å². The molecule has 1 aromatic carbocycles. The van der Waals surface area contributed by atoms with Gasteiger partial charge in [-0.3, -0.25) is 9.78 Å². The van der Waals surface area contributed by atoms with Gasteiger partial charge in [0, 0.05) is 13.2 Å². The molecule has 2 saturated carbocycles. The van der Waals surface area contributed by atoms with Crippen molar-refractivity contribution in [2.24, 2.45) is 5.92 Å². The normalized spacial score (nSPS) is 20.9. The molecule has 0 radical (unpaired) electrons. The van der Waals surface area contributed by atoms with Crippen LogP contribution in [-0.2, 0) is 19.4 Å². The topological polar surface area (TPSA) is 118 Å². The number of benzene rings is 1. The smallest absolute Gasteiger partial charge is 0.233 e. The van der Waals surface area contributed by atoms with Gasteiger partial charge in [-0.05, 0) is 80.9 Å². The molecular weight excluding hydrogens is 466 g/mol. The van der Waals surface area contributed by atoms with Crippen LogP contribution < -0.4 is 5.32 Å². The first kappa shape index (κ1) is 24.3. The highest BCUT2D eigenvalue weighted by Crippen LogP contribution is 2.46. The van der Waals surface area contributed by atoms with E-state index in [2.05, 4.69) is 15.3 Å². The molecule has 2 aromatic rings. The number of aliphatic hydroxyl groups excluding tert-OH is 1. The summed E-state index contributed by atoms with van der Waals surface area (Å²) in [4.78, 5) is 22.4. The zero-order valence-electron chi connectivity index (χ0n) is 20.0. The van der Waals surface area contributed by atoms with Crippen molar-refractivity contribution in [1.82, 2.24) is 9.97 Å². The molecule has 1 amide bonds. The third-order valence-corrected chi connectivity index (χ3v) is 9.63. The Kier molecular flexibility index (Phi) is 6.92. The van der Waals surface area contributed by atoms with Crippen molar-refractivity contribution in [3.8, 4) is 0 Å². The van der Waals surface area contributed by atoms with Crippen molar-refractivity contribution >= 4 is 21.6 Å². The quantitative estimate of drug-likeness (QED) is 0.537. The number of hydrogen-bond donors (Lipinski definition) is 2. The van der Waals surface area contributed by atoms with E-state index in [1.807, 2.05) is 12.1 Å². The molecule has 35 heavy (non-hydrogen) atoms. The number of aromatic nitrogens is 2. The average Bonchev–Trinajstić information content (AvgIpc) is 3.76. The Morgan fingerprint density at radius 1 is 1.11 bits per heavy atom. The van der Waals surface area contributed by atoms with Gasteiger partial charge in [-0.2, -0.15) is 0 Å². The summed E-state index contributed by atoms with van der Waals surface area (Å²) in [6, 6.07) is 5.53. The summed E-state index contributed by atoms with van der Waals surface area (Å²) in [5.74, 6) is 0.306. The Balaban J connectivity index is 1.44. The summed E-state index contributed by atoms with van der Waals surface area (Å²) in [7, 11) is -3.31. The van der Waals surface area contributed by atoms with E-state index in [0.717, 1.165) is 49.7 Å². The van der Waals surface area contributed by atoms with Crippen LogP contribution in [0.5, 0.6) is 0 Å². The number of carbonyl (C=O) groups is 1. The number of aliphatic hydroxyl groups is 1. The molecule has 0 bridgehead atoms. The fraction of sp³-hybridized carbons (Fsp3) is 0.577. The number of sulfone groups is 1. The first-order valence-corrected chi connectivity index (χ1v) is 14.1. The second-order valence-corrected chi connectivity index (χ2v) is 12.3.